The third-order valence-corrected chi connectivity index (χ3v) is 7.49. The normalized spacial score (nSPS) is 14.2. The average Bonchev–Trinajstić information content (AvgIpc) is 2.67. The Morgan fingerprint density at radius 2 is 0.931 bits per heavy atom. The molecule has 0 amide bonds. The Hall–Kier alpha value is -0.130. The van der Waals surface area contributed by atoms with E-state index in [1.54, 1.807) is 0 Å². The first kappa shape index (κ1) is 28.9. The van der Waals surface area contributed by atoms with Crippen LogP contribution in [-0.4, -0.2) is 29.4 Å². The molecule has 5 heteroatoms. The lowest BCUT2D eigenvalue weighted by Crippen LogP contribution is -2.19. The van der Waals surface area contributed by atoms with Crippen LogP contribution in [0.4, 0.5) is 0 Å². The van der Waals surface area contributed by atoms with Crippen LogP contribution >= 0.6 is 0 Å². The summed E-state index contributed by atoms with van der Waals surface area (Å²) < 4.78 is 31.4. The van der Waals surface area contributed by atoms with Gasteiger partial charge in [0.25, 0.3) is 10.1 Å². The van der Waals surface area contributed by atoms with Gasteiger partial charge in [-0.05, 0) is 25.7 Å². The van der Waals surface area contributed by atoms with Crippen LogP contribution in [0.3, 0.4) is 0 Å². The van der Waals surface area contributed by atoms with Crippen LogP contribution in [0.5, 0.6) is 0 Å². The van der Waals surface area contributed by atoms with Crippen LogP contribution in [0.25, 0.3) is 0 Å². The van der Waals surface area contributed by atoms with Gasteiger partial charge in [0.2, 0.25) is 0 Å². The SMILES string of the molecule is CCCCC(O)CCCCCCCCCCCCCCCCC(CC)S(=O)(=O)O. The Labute approximate surface area is 182 Å². The molecular formula is C24H50O4S. The van der Waals surface area contributed by atoms with Gasteiger partial charge in [0.15, 0.2) is 0 Å². The zero-order chi connectivity index (χ0) is 21.8. The summed E-state index contributed by atoms with van der Waals surface area (Å²) in [5.41, 5.74) is 0. The maximum atomic E-state index is 11.1. The maximum Gasteiger partial charge on any atom is 0.267 e. The van der Waals surface area contributed by atoms with E-state index >= 15 is 0 Å². The second kappa shape index (κ2) is 19.8. The molecule has 0 rings (SSSR count). The first-order valence-electron chi connectivity index (χ1n) is 12.6. The topological polar surface area (TPSA) is 74.6 Å². The molecule has 0 spiro atoms. The summed E-state index contributed by atoms with van der Waals surface area (Å²) in [6.45, 7) is 3.99. The van der Waals surface area contributed by atoms with E-state index in [1.807, 2.05) is 6.92 Å². The Kier molecular flexibility index (Phi) is 19.7. The molecule has 0 aromatic rings. The summed E-state index contributed by atoms with van der Waals surface area (Å²) >= 11 is 0. The molecule has 0 heterocycles. The molecule has 0 aliphatic heterocycles. The van der Waals surface area contributed by atoms with Gasteiger partial charge in [-0.3, -0.25) is 4.55 Å². The van der Waals surface area contributed by atoms with E-state index in [4.69, 9.17) is 4.55 Å². The minimum atomic E-state index is -3.85. The van der Waals surface area contributed by atoms with Crippen molar-refractivity contribution in [3.63, 3.8) is 0 Å². The molecule has 2 unspecified atom stereocenters. The predicted molar refractivity (Wildman–Crippen MR) is 125 cm³/mol. The van der Waals surface area contributed by atoms with E-state index in [1.165, 1.54) is 83.5 Å². The lowest BCUT2D eigenvalue weighted by molar-refractivity contribution is 0.148. The van der Waals surface area contributed by atoms with Gasteiger partial charge in [0.1, 0.15) is 0 Å². The maximum absolute atomic E-state index is 11.1. The van der Waals surface area contributed by atoms with Gasteiger partial charge in [0, 0.05) is 0 Å². The van der Waals surface area contributed by atoms with Gasteiger partial charge >= 0.3 is 0 Å². The number of aliphatic hydroxyl groups is 1. The van der Waals surface area contributed by atoms with Gasteiger partial charge in [-0.1, -0.05) is 117 Å². The van der Waals surface area contributed by atoms with Crippen molar-refractivity contribution in [1.29, 1.82) is 0 Å². The van der Waals surface area contributed by atoms with E-state index in [-0.39, 0.29) is 6.10 Å². The summed E-state index contributed by atoms with van der Waals surface area (Å²) in [5.74, 6) is 0. The van der Waals surface area contributed by atoms with Crippen molar-refractivity contribution < 1.29 is 18.1 Å². The molecule has 4 nitrogen and oxygen atoms in total. The standard InChI is InChI=1S/C24H50O4S/c1-3-5-20-23(25)21-18-16-14-12-10-8-6-7-9-11-13-15-17-19-22-24(4-2)29(26,27)28/h23-25H,3-22H2,1-2H3,(H,26,27,28). The predicted octanol–water partition coefficient (Wildman–Crippen LogP) is 7.45. The molecule has 2 N–H and O–H groups in total. The Morgan fingerprint density at radius 1 is 0.586 bits per heavy atom. The van der Waals surface area contributed by atoms with Gasteiger partial charge < -0.3 is 5.11 Å². The Balaban J connectivity index is 3.24. The molecule has 0 aromatic carbocycles. The van der Waals surface area contributed by atoms with Crippen molar-refractivity contribution in [1.82, 2.24) is 0 Å². The summed E-state index contributed by atoms with van der Waals surface area (Å²) in [7, 11) is -3.85. The summed E-state index contributed by atoms with van der Waals surface area (Å²) in [4.78, 5) is 0. The smallest absolute Gasteiger partial charge is 0.267 e. The fraction of sp³-hybridized carbons (Fsp3) is 1.00. The second-order valence-electron chi connectivity index (χ2n) is 8.87. The zero-order valence-corrected chi connectivity index (χ0v) is 20.2. The Bertz CT molecular complexity index is 436. The fourth-order valence-corrected chi connectivity index (χ4v) is 4.91. The molecule has 2 atom stereocenters. The van der Waals surface area contributed by atoms with Crippen LogP contribution < -0.4 is 0 Å². The van der Waals surface area contributed by atoms with Gasteiger partial charge in [-0.25, -0.2) is 0 Å². The molecule has 0 saturated carbocycles. The van der Waals surface area contributed by atoms with Crippen molar-refractivity contribution >= 4 is 10.1 Å². The molecule has 29 heavy (non-hydrogen) atoms. The van der Waals surface area contributed by atoms with Crippen molar-refractivity contribution in [2.45, 2.75) is 154 Å². The number of hydrogen-bond donors (Lipinski definition) is 2. The van der Waals surface area contributed by atoms with Gasteiger partial charge in [-0.15, -0.1) is 0 Å². The summed E-state index contributed by atoms with van der Waals surface area (Å²) in [6, 6.07) is 0. The molecule has 0 aliphatic carbocycles. The minimum absolute atomic E-state index is 0.0695. The highest BCUT2D eigenvalue weighted by Crippen LogP contribution is 2.17. The second-order valence-corrected chi connectivity index (χ2v) is 10.6. The van der Waals surface area contributed by atoms with Gasteiger partial charge in [0.05, 0.1) is 11.4 Å². The van der Waals surface area contributed by atoms with Crippen LogP contribution in [0.1, 0.15) is 142 Å². The Morgan fingerprint density at radius 3 is 1.28 bits per heavy atom. The highest BCUT2D eigenvalue weighted by Gasteiger charge is 2.19. The molecule has 0 radical (unpaired) electrons. The monoisotopic (exact) mass is 434 g/mol. The van der Waals surface area contributed by atoms with Gasteiger partial charge in [-0.2, -0.15) is 8.42 Å². The van der Waals surface area contributed by atoms with E-state index in [0.29, 0.717) is 12.8 Å². The zero-order valence-electron chi connectivity index (χ0n) is 19.4. The van der Waals surface area contributed by atoms with E-state index in [0.717, 1.165) is 32.1 Å². The van der Waals surface area contributed by atoms with Crippen molar-refractivity contribution in [2.24, 2.45) is 0 Å². The third kappa shape index (κ3) is 19.6. The molecule has 0 aromatic heterocycles. The van der Waals surface area contributed by atoms with Crippen molar-refractivity contribution in [3.8, 4) is 0 Å². The lowest BCUT2D eigenvalue weighted by Gasteiger charge is -2.10. The molecule has 0 saturated heterocycles. The number of hydrogen-bond acceptors (Lipinski definition) is 3. The lowest BCUT2D eigenvalue weighted by atomic mass is 10.0. The third-order valence-electron chi connectivity index (χ3n) is 6.08. The van der Waals surface area contributed by atoms with E-state index in [2.05, 4.69) is 6.92 Å². The highest BCUT2D eigenvalue weighted by atomic mass is 32.2. The fourth-order valence-electron chi connectivity index (χ4n) is 4.02. The van der Waals surface area contributed by atoms with Crippen LogP contribution in [0, 0.1) is 0 Å². The number of aliphatic hydroxyl groups excluding tert-OH is 1. The number of unbranched alkanes of at least 4 members (excludes halogenated alkanes) is 14. The van der Waals surface area contributed by atoms with E-state index in [9.17, 15) is 13.5 Å². The molecule has 176 valence electrons. The largest absolute Gasteiger partial charge is 0.393 e. The molecule has 0 bridgehead atoms. The van der Waals surface area contributed by atoms with Crippen LogP contribution in [0.2, 0.25) is 0 Å². The molecule has 0 aliphatic rings. The average molecular weight is 435 g/mol. The highest BCUT2D eigenvalue weighted by molar-refractivity contribution is 7.86. The first-order valence-corrected chi connectivity index (χ1v) is 14.1. The van der Waals surface area contributed by atoms with Crippen molar-refractivity contribution in [2.75, 3.05) is 0 Å². The first-order chi connectivity index (χ1) is 13.9. The van der Waals surface area contributed by atoms with Crippen LogP contribution in [-0.2, 0) is 10.1 Å². The summed E-state index contributed by atoms with van der Waals surface area (Å²) in [5, 5.41) is 9.24. The number of rotatable bonds is 22. The van der Waals surface area contributed by atoms with Crippen molar-refractivity contribution in [3.05, 3.63) is 0 Å². The molecule has 0 fully saturated rings. The van der Waals surface area contributed by atoms with E-state index < -0.39 is 15.4 Å². The van der Waals surface area contributed by atoms with Crippen LogP contribution in [0.15, 0.2) is 0 Å². The molecular weight excluding hydrogens is 384 g/mol. The quantitative estimate of drug-likeness (QED) is 0.137. The summed E-state index contributed by atoms with van der Waals surface area (Å²) in [6.07, 6.45) is 22.8. The minimum Gasteiger partial charge on any atom is -0.393 e.